The molecule has 2 aliphatic heterocycles. The minimum absolute atomic E-state index is 0.298. The van der Waals surface area contributed by atoms with Gasteiger partial charge in [-0.1, -0.05) is 60.7 Å². The number of rotatable bonds is 3. The number of ether oxygens (including phenoxy) is 1. The van der Waals surface area contributed by atoms with Gasteiger partial charge < -0.3 is 4.74 Å². The fourth-order valence-corrected chi connectivity index (χ4v) is 4.79. The third-order valence-corrected chi connectivity index (χ3v) is 6.10. The molecule has 0 unspecified atom stereocenters. The van der Waals surface area contributed by atoms with Crippen molar-refractivity contribution in [2.24, 2.45) is 11.8 Å². The first-order chi connectivity index (χ1) is 14.6. The van der Waals surface area contributed by atoms with Crippen LogP contribution >= 0.6 is 0 Å². The zero-order chi connectivity index (χ0) is 20.8. The highest BCUT2D eigenvalue weighted by atomic mass is 16.5. The van der Waals surface area contributed by atoms with E-state index in [0.29, 0.717) is 5.69 Å². The summed E-state index contributed by atoms with van der Waals surface area (Å²) in [5.41, 5.74) is 1.41. The molecule has 0 bridgehead atoms. The van der Waals surface area contributed by atoms with Gasteiger partial charge in [0.05, 0.1) is 24.6 Å². The van der Waals surface area contributed by atoms with Crippen LogP contribution in [0.15, 0.2) is 72.8 Å². The number of benzene rings is 3. The van der Waals surface area contributed by atoms with Gasteiger partial charge in [0.1, 0.15) is 6.04 Å². The average molecular weight is 400 g/mol. The summed E-state index contributed by atoms with van der Waals surface area (Å²) in [5.74, 6) is -2.71. The van der Waals surface area contributed by atoms with Crippen molar-refractivity contribution in [3.63, 3.8) is 0 Å². The van der Waals surface area contributed by atoms with Crippen LogP contribution in [0.5, 0.6) is 0 Å². The van der Waals surface area contributed by atoms with E-state index in [0.717, 1.165) is 16.3 Å². The Hall–Kier alpha value is -3.51. The molecule has 2 heterocycles. The number of methoxy groups -OCH3 is 1. The molecule has 0 aliphatic carbocycles. The quantitative estimate of drug-likeness (QED) is 0.541. The van der Waals surface area contributed by atoms with Crippen LogP contribution in [0.1, 0.15) is 11.6 Å². The van der Waals surface area contributed by atoms with Gasteiger partial charge in [-0.3, -0.25) is 19.7 Å². The molecular weight excluding hydrogens is 380 g/mol. The molecule has 2 fully saturated rings. The Morgan fingerprint density at radius 1 is 0.867 bits per heavy atom. The smallest absolute Gasteiger partial charge is 0.323 e. The number of amides is 2. The summed E-state index contributed by atoms with van der Waals surface area (Å²) in [6.07, 6.45) is 0. The Morgan fingerprint density at radius 3 is 2.30 bits per heavy atom. The molecule has 0 saturated carbocycles. The fraction of sp³-hybridized carbons (Fsp3) is 0.208. The molecule has 0 radical (unpaired) electrons. The van der Waals surface area contributed by atoms with Gasteiger partial charge in [-0.25, -0.2) is 4.90 Å². The van der Waals surface area contributed by atoms with E-state index in [1.54, 1.807) is 24.3 Å². The van der Waals surface area contributed by atoms with Crippen molar-refractivity contribution < 1.29 is 19.1 Å². The number of nitrogens with one attached hydrogen (secondary N) is 1. The number of fused-ring (bicyclic) bond motifs is 2. The topological polar surface area (TPSA) is 75.7 Å². The normalized spacial score (nSPS) is 25.6. The maximum atomic E-state index is 13.5. The highest BCUT2D eigenvalue weighted by Crippen LogP contribution is 2.46. The molecule has 4 atom stereocenters. The van der Waals surface area contributed by atoms with E-state index in [9.17, 15) is 14.4 Å². The van der Waals surface area contributed by atoms with Gasteiger partial charge in [0.15, 0.2) is 0 Å². The lowest BCUT2D eigenvalue weighted by atomic mass is 9.85. The molecule has 1 N–H and O–H groups in total. The third kappa shape index (κ3) is 2.64. The molecule has 0 spiro atoms. The van der Waals surface area contributed by atoms with Crippen molar-refractivity contribution >= 4 is 34.2 Å². The number of imide groups is 1. The van der Waals surface area contributed by atoms with Gasteiger partial charge >= 0.3 is 5.97 Å². The second-order valence-electron chi connectivity index (χ2n) is 7.61. The van der Waals surface area contributed by atoms with E-state index >= 15 is 0 Å². The molecule has 150 valence electrons. The summed E-state index contributed by atoms with van der Waals surface area (Å²) in [5, 5.41) is 5.26. The van der Waals surface area contributed by atoms with Crippen LogP contribution in [0, 0.1) is 11.8 Å². The van der Waals surface area contributed by atoms with Crippen molar-refractivity contribution in [1.82, 2.24) is 5.32 Å². The number of hydrogen-bond acceptors (Lipinski definition) is 5. The molecule has 2 aliphatic rings. The first kappa shape index (κ1) is 18.5. The summed E-state index contributed by atoms with van der Waals surface area (Å²) < 4.78 is 4.96. The summed E-state index contributed by atoms with van der Waals surface area (Å²) in [4.78, 5) is 40.6. The van der Waals surface area contributed by atoms with Gasteiger partial charge in [-0.15, -0.1) is 0 Å². The number of hydrogen-bond donors (Lipinski definition) is 1. The maximum absolute atomic E-state index is 13.5. The Balaban J connectivity index is 1.64. The van der Waals surface area contributed by atoms with E-state index in [1.807, 2.05) is 48.5 Å². The Bertz CT molecular complexity index is 1150. The molecule has 30 heavy (non-hydrogen) atoms. The highest BCUT2D eigenvalue weighted by molar-refractivity contribution is 6.23. The lowest BCUT2D eigenvalue weighted by Gasteiger charge is -2.22. The van der Waals surface area contributed by atoms with Crippen LogP contribution < -0.4 is 10.2 Å². The van der Waals surface area contributed by atoms with Crippen LogP contribution in [0.25, 0.3) is 10.8 Å². The lowest BCUT2D eigenvalue weighted by Crippen LogP contribution is -2.43. The number of anilines is 1. The van der Waals surface area contributed by atoms with E-state index < -0.39 is 29.9 Å². The molecule has 2 saturated heterocycles. The standard InChI is InChI=1S/C24H20N2O4/c1-30-24(29)21-19-18(22(27)26(23(19)28)15-10-3-2-4-11-15)20(25-21)17-13-7-9-14-8-5-6-12-16(14)17/h2-13,18-21,25H,1H3/t18-,19+,20-,21-/m0/s1. The monoisotopic (exact) mass is 400 g/mol. The molecular formula is C24H20N2O4. The van der Waals surface area contributed by atoms with Gasteiger partial charge in [-0.05, 0) is 28.5 Å². The minimum Gasteiger partial charge on any atom is -0.468 e. The second-order valence-corrected chi connectivity index (χ2v) is 7.61. The predicted octanol–water partition coefficient (Wildman–Crippen LogP) is 2.83. The highest BCUT2D eigenvalue weighted by Gasteiger charge is 2.61. The molecule has 5 rings (SSSR count). The first-order valence-electron chi connectivity index (χ1n) is 9.86. The lowest BCUT2D eigenvalue weighted by molar-refractivity contribution is -0.145. The zero-order valence-electron chi connectivity index (χ0n) is 16.3. The van der Waals surface area contributed by atoms with Crippen molar-refractivity contribution in [3.05, 3.63) is 78.4 Å². The van der Waals surface area contributed by atoms with Gasteiger partial charge in [0, 0.05) is 6.04 Å². The average Bonchev–Trinajstić information content (AvgIpc) is 3.30. The predicted molar refractivity (Wildman–Crippen MR) is 112 cm³/mol. The SMILES string of the molecule is COC(=O)[C@H]1N[C@@H](c2cccc3ccccc23)[C@H]2C(=O)N(c3ccccc3)C(=O)[C@H]21. The fourth-order valence-electron chi connectivity index (χ4n) is 4.79. The Kier molecular flexibility index (Phi) is 4.37. The molecule has 0 aromatic heterocycles. The van der Waals surface area contributed by atoms with Crippen LogP contribution in [0.2, 0.25) is 0 Å². The van der Waals surface area contributed by atoms with Crippen LogP contribution in [-0.4, -0.2) is 30.9 Å². The third-order valence-electron chi connectivity index (χ3n) is 6.10. The summed E-state index contributed by atoms with van der Waals surface area (Å²) in [6.45, 7) is 0. The Morgan fingerprint density at radius 2 is 1.53 bits per heavy atom. The van der Waals surface area contributed by atoms with Crippen LogP contribution in [0.3, 0.4) is 0 Å². The van der Waals surface area contributed by atoms with E-state index in [-0.39, 0.29) is 11.8 Å². The van der Waals surface area contributed by atoms with Crippen LogP contribution in [-0.2, 0) is 19.1 Å². The second kappa shape index (κ2) is 7.07. The molecule has 3 aromatic rings. The van der Waals surface area contributed by atoms with Crippen molar-refractivity contribution in [2.75, 3.05) is 12.0 Å². The number of nitrogens with zero attached hydrogens (tertiary/aromatic N) is 1. The maximum Gasteiger partial charge on any atom is 0.323 e. The minimum atomic E-state index is -0.880. The summed E-state index contributed by atoms with van der Waals surface area (Å²) in [6, 6.07) is 21.2. The van der Waals surface area contributed by atoms with Crippen molar-refractivity contribution in [3.8, 4) is 0 Å². The van der Waals surface area contributed by atoms with Crippen LogP contribution in [0.4, 0.5) is 5.69 Å². The molecule has 6 nitrogen and oxygen atoms in total. The Labute approximate surface area is 173 Å². The number of para-hydroxylation sites is 1. The number of esters is 1. The first-order valence-corrected chi connectivity index (χ1v) is 9.86. The van der Waals surface area contributed by atoms with Gasteiger partial charge in [-0.2, -0.15) is 0 Å². The molecule has 6 heteroatoms. The zero-order valence-corrected chi connectivity index (χ0v) is 16.3. The van der Waals surface area contributed by atoms with Gasteiger partial charge in [0.25, 0.3) is 0 Å². The van der Waals surface area contributed by atoms with Gasteiger partial charge in [0.2, 0.25) is 11.8 Å². The molecule has 3 aromatic carbocycles. The van der Waals surface area contributed by atoms with E-state index in [2.05, 4.69) is 5.32 Å². The molecule has 2 amide bonds. The largest absolute Gasteiger partial charge is 0.468 e. The van der Waals surface area contributed by atoms with Crippen molar-refractivity contribution in [2.45, 2.75) is 12.1 Å². The van der Waals surface area contributed by atoms with Crippen molar-refractivity contribution in [1.29, 1.82) is 0 Å². The summed E-state index contributed by atoms with van der Waals surface area (Å²) >= 11 is 0. The summed E-state index contributed by atoms with van der Waals surface area (Å²) in [7, 11) is 1.29. The van der Waals surface area contributed by atoms with E-state index in [1.165, 1.54) is 12.0 Å². The van der Waals surface area contributed by atoms with E-state index in [4.69, 9.17) is 4.74 Å². The number of carbonyl (C=O) groups excluding carboxylic acids is 3. The number of carbonyl (C=O) groups is 3.